The molecule has 3 nitrogen and oxygen atoms in total. The highest BCUT2D eigenvalue weighted by Crippen LogP contribution is 2.38. The van der Waals surface area contributed by atoms with Gasteiger partial charge < -0.3 is 4.57 Å². The first-order valence-corrected chi connectivity index (χ1v) is 8.74. The van der Waals surface area contributed by atoms with E-state index in [4.69, 9.17) is 6.42 Å². The zero-order valence-electron chi connectivity index (χ0n) is 16.1. The van der Waals surface area contributed by atoms with Crippen LogP contribution in [0.25, 0.3) is 10.9 Å². The number of nitrogens with one attached hydrogen (secondary N) is 1. The maximum Gasteiger partial charge on any atom is 0.422 e. The van der Waals surface area contributed by atoms with E-state index in [1.165, 1.54) is 0 Å². The number of benzene rings is 2. The first-order chi connectivity index (χ1) is 14.5. The SMILES string of the molecule is C#CCn1c(C)c(/C=N/Nc2c(F)c(F)c(C(F)(F)F)c(F)c2F)c2cccc(C)c21. The molecule has 3 aromatic rings. The van der Waals surface area contributed by atoms with Gasteiger partial charge in [0.2, 0.25) is 0 Å². The summed E-state index contributed by atoms with van der Waals surface area (Å²) in [5.74, 6) is -7.11. The van der Waals surface area contributed by atoms with E-state index in [0.717, 1.165) is 17.3 Å². The van der Waals surface area contributed by atoms with Crippen molar-refractivity contribution in [1.82, 2.24) is 4.57 Å². The quantitative estimate of drug-likeness (QED) is 0.176. The van der Waals surface area contributed by atoms with E-state index >= 15 is 0 Å². The number of alkyl halides is 3. The minimum absolute atomic E-state index is 0.229. The van der Waals surface area contributed by atoms with E-state index in [9.17, 15) is 30.7 Å². The number of hydrogen-bond acceptors (Lipinski definition) is 2. The highest BCUT2D eigenvalue weighted by Gasteiger charge is 2.42. The first kappa shape index (κ1) is 22.2. The third-order valence-corrected chi connectivity index (χ3v) is 4.76. The van der Waals surface area contributed by atoms with Crippen LogP contribution in [-0.4, -0.2) is 10.8 Å². The summed E-state index contributed by atoms with van der Waals surface area (Å²) >= 11 is 0. The molecule has 0 fully saturated rings. The average molecular weight is 441 g/mol. The number of anilines is 1. The molecule has 3 rings (SSSR count). The molecule has 0 radical (unpaired) electrons. The van der Waals surface area contributed by atoms with Gasteiger partial charge in [0, 0.05) is 16.6 Å². The summed E-state index contributed by atoms with van der Waals surface area (Å²) < 4.78 is 95.4. The lowest BCUT2D eigenvalue weighted by Crippen LogP contribution is -2.16. The van der Waals surface area contributed by atoms with Gasteiger partial charge in [0.15, 0.2) is 23.3 Å². The van der Waals surface area contributed by atoms with Crippen LogP contribution in [0, 0.1) is 49.5 Å². The number of aryl methyl sites for hydroxylation is 1. The van der Waals surface area contributed by atoms with Gasteiger partial charge in [-0.05, 0) is 19.4 Å². The summed E-state index contributed by atoms with van der Waals surface area (Å²) in [6.07, 6.45) is 0.925. The van der Waals surface area contributed by atoms with Crippen LogP contribution in [0.5, 0.6) is 0 Å². The Bertz CT molecular complexity index is 1220. The lowest BCUT2D eigenvalue weighted by atomic mass is 10.1. The molecule has 0 spiro atoms. The first-order valence-electron chi connectivity index (χ1n) is 8.74. The fraction of sp³-hybridized carbons (Fsp3) is 0.190. The third-order valence-electron chi connectivity index (χ3n) is 4.76. The zero-order valence-corrected chi connectivity index (χ0v) is 16.1. The van der Waals surface area contributed by atoms with Gasteiger partial charge in [-0.2, -0.15) is 18.3 Å². The Hall–Kier alpha value is -3.48. The topological polar surface area (TPSA) is 29.3 Å². The number of halogens is 7. The number of terminal acetylenes is 1. The van der Waals surface area contributed by atoms with Crippen molar-refractivity contribution in [2.45, 2.75) is 26.6 Å². The van der Waals surface area contributed by atoms with Crippen LogP contribution >= 0.6 is 0 Å². The molecule has 0 saturated heterocycles. The third kappa shape index (κ3) is 3.71. The van der Waals surface area contributed by atoms with Gasteiger partial charge in [0.05, 0.1) is 18.3 Å². The molecular formula is C21H14F7N3. The van der Waals surface area contributed by atoms with Gasteiger partial charge >= 0.3 is 6.18 Å². The molecule has 0 aliphatic carbocycles. The van der Waals surface area contributed by atoms with Gasteiger partial charge in [-0.1, -0.05) is 24.1 Å². The molecule has 10 heteroatoms. The Balaban J connectivity index is 2.07. The summed E-state index contributed by atoms with van der Waals surface area (Å²) in [6.45, 7) is 3.80. The van der Waals surface area contributed by atoms with E-state index in [1.807, 2.05) is 17.6 Å². The van der Waals surface area contributed by atoms with Crippen molar-refractivity contribution in [3.63, 3.8) is 0 Å². The maximum atomic E-state index is 14.0. The number of fused-ring (bicyclic) bond motifs is 1. The Morgan fingerprint density at radius 1 is 1.06 bits per heavy atom. The van der Waals surface area contributed by atoms with Crippen LogP contribution in [0.2, 0.25) is 0 Å². The Morgan fingerprint density at radius 3 is 2.23 bits per heavy atom. The van der Waals surface area contributed by atoms with Crippen molar-refractivity contribution in [2.24, 2.45) is 5.10 Å². The molecule has 0 amide bonds. The molecule has 0 unspecified atom stereocenters. The molecule has 31 heavy (non-hydrogen) atoms. The summed E-state index contributed by atoms with van der Waals surface area (Å²) in [7, 11) is 0. The second-order valence-corrected chi connectivity index (χ2v) is 6.63. The van der Waals surface area contributed by atoms with E-state index in [0.29, 0.717) is 16.6 Å². The zero-order chi connectivity index (χ0) is 23.1. The van der Waals surface area contributed by atoms with E-state index in [-0.39, 0.29) is 6.54 Å². The Morgan fingerprint density at radius 2 is 1.68 bits per heavy atom. The van der Waals surface area contributed by atoms with Gasteiger partial charge in [-0.3, -0.25) is 5.43 Å². The van der Waals surface area contributed by atoms with Gasteiger partial charge in [0.1, 0.15) is 11.3 Å². The normalized spacial score (nSPS) is 12.0. The smallest absolute Gasteiger partial charge is 0.332 e. The van der Waals surface area contributed by atoms with Crippen molar-refractivity contribution in [2.75, 3.05) is 5.43 Å². The molecule has 0 bridgehead atoms. The maximum absolute atomic E-state index is 14.0. The summed E-state index contributed by atoms with van der Waals surface area (Å²) in [4.78, 5) is 0. The summed E-state index contributed by atoms with van der Waals surface area (Å²) in [5.41, 5.74) is 0.460. The molecule has 1 heterocycles. The fourth-order valence-corrected chi connectivity index (χ4v) is 3.33. The van der Waals surface area contributed by atoms with Crippen LogP contribution in [0.15, 0.2) is 23.3 Å². The number of hydrazone groups is 1. The standard InChI is InChI=1S/C21H14F7N3/c1-4-8-31-11(3)13(12-7-5-6-10(2)20(12)31)9-29-30-19-17(24)15(22)14(21(26,27)28)16(23)18(19)25/h1,5-7,9,30H,8H2,2-3H3/b29-9+. The molecule has 0 aliphatic heterocycles. The lowest BCUT2D eigenvalue weighted by Gasteiger charge is -2.13. The second-order valence-electron chi connectivity index (χ2n) is 6.63. The minimum Gasteiger partial charge on any atom is -0.332 e. The molecular weight excluding hydrogens is 427 g/mol. The van der Waals surface area contributed by atoms with Crippen molar-refractivity contribution in [1.29, 1.82) is 0 Å². The van der Waals surface area contributed by atoms with Crippen LogP contribution in [0.3, 0.4) is 0 Å². The van der Waals surface area contributed by atoms with Gasteiger partial charge in [-0.25, -0.2) is 17.6 Å². The number of aromatic nitrogens is 1. The number of rotatable bonds is 4. The number of nitrogens with zero attached hydrogens (tertiary/aromatic N) is 2. The van der Waals surface area contributed by atoms with Crippen molar-refractivity contribution in [3.8, 4) is 12.3 Å². The van der Waals surface area contributed by atoms with Crippen LogP contribution < -0.4 is 5.43 Å². The van der Waals surface area contributed by atoms with Crippen molar-refractivity contribution < 1.29 is 30.7 Å². The highest BCUT2D eigenvalue weighted by molar-refractivity contribution is 6.02. The molecule has 1 N–H and O–H groups in total. The van der Waals surface area contributed by atoms with Gasteiger partial charge in [0.25, 0.3) is 0 Å². The molecule has 0 saturated carbocycles. The van der Waals surface area contributed by atoms with E-state index < -0.39 is 40.7 Å². The Labute approximate surface area is 172 Å². The van der Waals surface area contributed by atoms with Crippen LogP contribution in [0.1, 0.15) is 22.4 Å². The van der Waals surface area contributed by atoms with E-state index in [2.05, 4.69) is 11.0 Å². The lowest BCUT2D eigenvalue weighted by molar-refractivity contribution is -0.143. The molecule has 0 aliphatic rings. The fourth-order valence-electron chi connectivity index (χ4n) is 3.33. The van der Waals surface area contributed by atoms with Crippen LogP contribution in [-0.2, 0) is 12.7 Å². The van der Waals surface area contributed by atoms with Crippen molar-refractivity contribution in [3.05, 3.63) is 63.9 Å². The van der Waals surface area contributed by atoms with Crippen LogP contribution in [0.4, 0.5) is 36.4 Å². The molecule has 0 atom stereocenters. The largest absolute Gasteiger partial charge is 0.422 e. The highest BCUT2D eigenvalue weighted by atomic mass is 19.4. The average Bonchev–Trinajstić information content (AvgIpc) is 2.95. The molecule has 162 valence electrons. The predicted octanol–water partition coefficient (Wildman–Crippen LogP) is 5.91. The molecule has 1 aromatic heterocycles. The molecule has 2 aromatic carbocycles. The summed E-state index contributed by atoms with van der Waals surface area (Å²) in [5, 5.41) is 4.29. The monoisotopic (exact) mass is 441 g/mol. The summed E-state index contributed by atoms with van der Waals surface area (Å²) in [6, 6.07) is 5.37. The number of hydrogen-bond donors (Lipinski definition) is 1. The predicted molar refractivity (Wildman–Crippen MR) is 103 cm³/mol. The Kier molecular flexibility index (Phi) is 5.72. The second kappa shape index (κ2) is 7.98. The van der Waals surface area contributed by atoms with Crippen molar-refractivity contribution >= 4 is 22.8 Å². The van der Waals surface area contributed by atoms with Gasteiger partial charge in [-0.15, -0.1) is 6.42 Å². The van der Waals surface area contributed by atoms with E-state index in [1.54, 1.807) is 24.5 Å². The minimum atomic E-state index is -5.62. The number of para-hydroxylation sites is 1.